The number of nitrogens with one attached hydrogen (secondary N) is 3. The summed E-state index contributed by atoms with van der Waals surface area (Å²) in [6.45, 7) is 2.91. The summed E-state index contributed by atoms with van der Waals surface area (Å²) >= 11 is 1.56. The van der Waals surface area contributed by atoms with Crippen molar-refractivity contribution in [3.63, 3.8) is 0 Å². The van der Waals surface area contributed by atoms with E-state index in [-0.39, 0.29) is 18.8 Å². The molecule has 7 N–H and O–H groups in total. The SMILES string of the molecule is CSCCC(N)C(=O)NC(Cc1ccccc1)C(=O)NC(CC(C)C)C(=O)NC(CO)C(=O)O. The average molecular weight is 497 g/mol. The Morgan fingerprint density at radius 2 is 1.50 bits per heavy atom. The number of hydrogen-bond donors (Lipinski definition) is 6. The van der Waals surface area contributed by atoms with Crippen LogP contribution >= 0.6 is 11.8 Å². The van der Waals surface area contributed by atoms with Gasteiger partial charge >= 0.3 is 5.97 Å². The molecule has 0 heterocycles. The Labute approximate surface area is 204 Å². The number of nitrogens with two attached hydrogens (primary N) is 1. The predicted octanol–water partition coefficient (Wildman–Crippen LogP) is -0.113. The molecule has 0 aliphatic carbocycles. The van der Waals surface area contributed by atoms with Crippen LogP contribution in [0.3, 0.4) is 0 Å². The molecule has 4 atom stereocenters. The van der Waals surface area contributed by atoms with E-state index in [1.165, 1.54) is 0 Å². The average Bonchev–Trinajstić information content (AvgIpc) is 2.79. The number of benzene rings is 1. The molecule has 0 saturated carbocycles. The van der Waals surface area contributed by atoms with Crippen molar-refractivity contribution in [1.82, 2.24) is 16.0 Å². The summed E-state index contributed by atoms with van der Waals surface area (Å²) in [6, 6.07) is 4.76. The normalized spacial score (nSPS) is 14.5. The van der Waals surface area contributed by atoms with Gasteiger partial charge in [0.15, 0.2) is 0 Å². The van der Waals surface area contributed by atoms with Crippen LogP contribution in [0.2, 0.25) is 0 Å². The number of aliphatic carboxylic acids is 1. The number of thioether (sulfide) groups is 1. The van der Waals surface area contributed by atoms with Crippen molar-refractivity contribution in [2.75, 3.05) is 18.6 Å². The van der Waals surface area contributed by atoms with Gasteiger partial charge in [0, 0.05) is 6.42 Å². The first-order valence-electron chi connectivity index (χ1n) is 11.1. The Morgan fingerprint density at radius 1 is 0.941 bits per heavy atom. The van der Waals surface area contributed by atoms with E-state index in [0.29, 0.717) is 12.2 Å². The van der Waals surface area contributed by atoms with Gasteiger partial charge in [-0.15, -0.1) is 0 Å². The molecule has 0 aliphatic rings. The van der Waals surface area contributed by atoms with Crippen molar-refractivity contribution in [2.45, 2.75) is 57.3 Å². The van der Waals surface area contributed by atoms with Gasteiger partial charge in [0.1, 0.15) is 18.1 Å². The Hall–Kier alpha value is -2.63. The third-order valence-corrected chi connectivity index (χ3v) is 5.67. The zero-order chi connectivity index (χ0) is 25.7. The number of carboxylic acids is 1. The van der Waals surface area contributed by atoms with Gasteiger partial charge in [-0.25, -0.2) is 4.79 Å². The smallest absolute Gasteiger partial charge is 0.328 e. The lowest BCUT2D eigenvalue weighted by Gasteiger charge is -2.26. The zero-order valence-electron chi connectivity index (χ0n) is 19.8. The molecule has 34 heavy (non-hydrogen) atoms. The van der Waals surface area contributed by atoms with Crippen LogP contribution in [-0.2, 0) is 25.6 Å². The number of carbonyl (C=O) groups excluding carboxylic acids is 3. The van der Waals surface area contributed by atoms with Gasteiger partial charge in [-0.3, -0.25) is 14.4 Å². The van der Waals surface area contributed by atoms with Gasteiger partial charge in [0.25, 0.3) is 0 Å². The molecule has 0 aromatic heterocycles. The summed E-state index contributed by atoms with van der Waals surface area (Å²) in [5.74, 6) is -2.50. The molecular formula is C23H36N4O6S. The third-order valence-electron chi connectivity index (χ3n) is 5.02. The van der Waals surface area contributed by atoms with Crippen molar-refractivity contribution in [3.05, 3.63) is 35.9 Å². The maximum Gasteiger partial charge on any atom is 0.328 e. The number of aliphatic hydroxyl groups is 1. The van der Waals surface area contributed by atoms with Gasteiger partial charge in [0.05, 0.1) is 12.6 Å². The molecule has 1 rings (SSSR count). The van der Waals surface area contributed by atoms with E-state index < -0.39 is 54.5 Å². The standard InChI is InChI=1S/C23H36N4O6S/c1-14(2)11-17(21(30)27-19(13-28)23(32)33)26-22(31)18(12-15-7-5-4-6-8-15)25-20(29)16(24)9-10-34-3/h4-8,14,16-19,28H,9-13,24H2,1-3H3,(H,25,29)(H,26,31)(H,27,30)(H,32,33). The van der Waals surface area contributed by atoms with Crippen LogP contribution in [0.4, 0.5) is 0 Å². The zero-order valence-corrected chi connectivity index (χ0v) is 20.6. The Morgan fingerprint density at radius 3 is 2.03 bits per heavy atom. The molecule has 0 fully saturated rings. The molecule has 1 aromatic carbocycles. The van der Waals surface area contributed by atoms with Crippen LogP contribution < -0.4 is 21.7 Å². The fourth-order valence-electron chi connectivity index (χ4n) is 3.15. The maximum absolute atomic E-state index is 13.2. The van der Waals surface area contributed by atoms with Crippen LogP contribution in [0.25, 0.3) is 0 Å². The molecule has 4 unspecified atom stereocenters. The highest BCUT2D eigenvalue weighted by Gasteiger charge is 2.30. The second kappa shape index (κ2) is 15.3. The molecule has 0 spiro atoms. The number of amides is 3. The van der Waals surface area contributed by atoms with E-state index in [0.717, 1.165) is 5.56 Å². The van der Waals surface area contributed by atoms with Gasteiger partial charge < -0.3 is 31.9 Å². The number of hydrogen-bond acceptors (Lipinski definition) is 7. The first-order valence-corrected chi connectivity index (χ1v) is 12.5. The molecule has 10 nitrogen and oxygen atoms in total. The summed E-state index contributed by atoms with van der Waals surface area (Å²) in [5, 5.41) is 25.9. The number of carbonyl (C=O) groups is 4. The summed E-state index contributed by atoms with van der Waals surface area (Å²) in [5.41, 5.74) is 6.76. The highest BCUT2D eigenvalue weighted by Crippen LogP contribution is 2.09. The lowest BCUT2D eigenvalue weighted by molar-refractivity contribution is -0.143. The summed E-state index contributed by atoms with van der Waals surface area (Å²) in [6.07, 6.45) is 2.76. The molecule has 3 amide bonds. The first-order chi connectivity index (χ1) is 16.1. The van der Waals surface area contributed by atoms with Gasteiger partial charge in [-0.2, -0.15) is 11.8 Å². The fourth-order valence-corrected chi connectivity index (χ4v) is 3.64. The highest BCUT2D eigenvalue weighted by molar-refractivity contribution is 7.98. The minimum Gasteiger partial charge on any atom is -0.480 e. The van der Waals surface area contributed by atoms with Crippen LogP contribution in [0.5, 0.6) is 0 Å². The molecular weight excluding hydrogens is 460 g/mol. The van der Waals surface area contributed by atoms with Crippen molar-refractivity contribution in [1.29, 1.82) is 0 Å². The molecule has 0 aliphatic heterocycles. The molecule has 1 aromatic rings. The first kappa shape index (κ1) is 29.4. The Balaban J connectivity index is 3.05. The van der Waals surface area contributed by atoms with Crippen molar-refractivity contribution in [2.24, 2.45) is 11.7 Å². The van der Waals surface area contributed by atoms with Crippen LogP contribution in [-0.4, -0.2) is 76.7 Å². The van der Waals surface area contributed by atoms with E-state index in [9.17, 15) is 24.3 Å². The highest BCUT2D eigenvalue weighted by atomic mass is 32.2. The van der Waals surface area contributed by atoms with Crippen LogP contribution in [0.15, 0.2) is 30.3 Å². The minimum atomic E-state index is -1.49. The van der Waals surface area contributed by atoms with E-state index >= 15 is 0 Å². The monoisotopic (exact) mass is 496 g/mol. The minimum absolute atomic E-state index is 0.00409. The lowest BCUT2D eigenvalue weighted by Crippen LogP contribution is -2.58. The Kier molecular flexibility index (Phi) is 13.2. The Bertz CT molecular complexity index is 808. The largest absolute Gasteiger partial charge is 0.480 e. The van der Waals surface area contributed by atoms with Gasteiger partial charge in [-0.1, -0.05) is 44.2 Å². The van der Waals surface area contributed by atoms with Crippen molar-refractivity contribution < 1.29 is 29.4 Å². The van der Waals surface area contributed by atoms with E-state index in [1.807, 2.05) is 50.4 Å². The topological polar surface area (TPSA) is 171 Å². The van der Waals surface area contributed by atoms with E-state index in [4.69, 9.17) is 10.8 Å². The third kappa shape index (κ3) is 10.5. The molecule has 0 radical (unpaired) electrons. The van der Waals surface area contributed by atoms with Crippen molar-refractivity contribution in [3.8, 4) is 0 Å². The summed E-state index contributed by atoms with van der Waals surface area (Å²) in [4.78, 5) is 49.7. The second-order valence-corrected chi connectivity index (χ2v) is 9.40. The number of rotatable bonds is 15. The molecule has 11 heteroatoms. The summed E-state index contributed by atoms with van der Waals surface area (Å²) in [7, 11) is 0. The fraction of sp³-hybridized carbons (Fsp3) is 0.565. The van der Waals surface area contributed by atoms with E-state index in [2.05, 4.69) is 16.0 Å². The van der Waals surface area contributed by atoms with E-state index in [1.54, 1.807) is 11.8 Å². The van der Waals surface area contributed by atoms with Crippen LogP contribution in [0.1, 0.15) is 32.3 Å². The quantitative estimate of drug-likeness (QED) is 0.195. The molecule has 190 valence electrons. The van der Waals surface area contributed by atoms with Gasteiger partial charge in [0.2, 0.25) is 17.7 Å². The lowest BCUT2D eigenvalue weighted by atomic mass is 10.0. The molecule has 0 saturated heterocycles. The number of aliphatic hydroxyl groups excluding tert-OH is 1. The maximum atomic E-state index is 13.2. The predicted molar refractivity (Wildman–Crippen MR) is 131 cm³/mol. The summed E-state index contributed by atoms with van der Waals surface area (Å²) < 4.78 is 0. The van der Waals surface area contributed by atoms with Crippen LogP contribution in [0, 0.1) is 5.92 Å². The van der Waals surface area contributed by atoms with Gasteiger partial charge in [-0.05, 0) is 36.3 Å². The van der Waals surface area contributed by atoms with Crippen molar-refractivity contribution >= 4 is 35.5 Å². The second-order valence-electron chi connectivity index (χ2n) is 8.41. The number of carboxylic acid groups (broad SMARTS) is 1. The molecule has 0 bridgehead atoms.